The van der Waals surface area contributed by atoms with Gasteiger partial charge < -0.3 is 10.1 Å². The molecule has 2 heterocycles. The maximum Gasteiger partial charge on any atom is 0.387 e. The molecule has 1 N–H and O–H groups in total. The lowest BCUT2D eigenvalue weighted by atomic mass is 9.74. The number of carbonyl (C=O) groups is 1. The Kier molecular flexibility index (Phi) is 4.97. The summed E-state index contributed by atoms with van der Waals surface area (Å²) < 4.78 is 56.1. The van der Waals surface area contributed by atoms with Gasteiger partial charge in [0.15, 0.2) is 0 Å². The number of amides is 1. The fraction of sp³-hybridized carbons (Fsp3) is 0.562. The molecule has 138 valence electrons. The molecule has 1 aromatic rings. The van der Waals surface area contributed by atoms with Gasteiger partial charge in [0.1, 0.15) is 5.75 Å². The highest BCUT2D eigenvalue weighted by atomic mass is 32.2. The molecule has 1 amide bonds. The zero-order chi connectivity index (χ0) is 18.1. The highest BCUT2D eigenvalue weighted by Crippen LogP contribution is 2.38. The topological polar surface area (TPSA) is 75.7 Å². The van der Waals surface area contributed by atoms with Crippen molar-refractivity contribution in [1.82, 2.24) is 9.62 Å². The largest absolute Gasteiger partial charge is 0.435 e. The third kappa shape index (κ3) is 3.62. The average molecular weight is 374 g/mol. The van der Waals surface area contributed by atoms with Gasteiger partial charge >= 0.3 is 6.61 Å². The molecule has 1 unspecified atom stereocenters. The van der Waals surface area contributed by atoms with Crippen LogP contribution in [0.4, 0.5) is 8.78 Å². The molecule has 2 fully saturated rings. The predicted molar refractivity (Wildman–Crippen MR) is 85.7 cm³/mol. The van der Waals surface area contributed by atoms with Crippen LogP contribution in [0.1, 0.15) is 25.7 Å². The van der Waals surface area contributed by atoms with Gasteiger partial charge in [-0.1, -0.05) is 6.07 Å². The van der Waals surface area contributed by atoms with E-state index in [4.69, 9.17) is 0 Å². The van der Waals surface area contributed by atoms with E-state index in [1.165, 1.54) is 22.5 Å². The smallest absolute Gasteiger partial charge is 0.387 e. The van der Waals surface area contributed by atoms with Gasteiger partial charge in [0.25, 0.3) is 0 Å². The predicted octanol–water partition coefficient (Wildman–Crippen LogP) is 1.97. The van der Waals surface area contributed by atoms with Crippen molar-refractivity contribution < 1.29 is 26.7 Å². The first-order valence-corrected chi connectivity index (χ1v) is 9.61. The fourth-order valence-electron chi connectivity index (χ4n) is 3.57. The van der Waals surface area contributed by atoms with Crippen LogP contribution in [-0.2, 0) is 14.8 Å². The highest BCUT2D eigenvalue weighted by Gasteiger charge is 2.46. The number of carbonyl (C=O) groups excluding carboxylic acids is 1. The number of halogens is 2. The number of alkyl halides is 2. The number of hydrogen-bond acceptors (Lipinski definition) is 4. The number of piperidine rings is 2. The molecule has 0 saturated carbocycles. The summed E-state index contributed by atoms with van der Waals surface area (Å²) in [5.41, 5.74) is -0.694. The minimum absolute atomic E-state index is 0.103. The van der Waals surface area contributed by atoms with Crippen molar-refractivity contribution in [3.8, 4) is 5.75 Å². The van der Waals surface area contributed by atoms with Gasteiger partial charge in [-0.2, -0.15) is 13.1 Å². The van der Waals surface area contributed by atoms with Gasteiger partial charge in [-0.3, -0.25) is 4.79 Å². The molecule has 2 saturated heterocycles. The molecule has 9 heteroatoms. The van der Waals surface area contributed by atoms with Crippen LogP contribution >= 0.6 is 0 Å². The maximum atomic E-state index is 12.9. The first-order chi connectivity index (χ1) is 11.8. The van der Waals surface area contributed by atoms with E-state index in [0.717, 1.165) is 12.5 Å². The monoisotopic (exact) mass is 374 g/mol. The van der Waals surface area contributed by atoms with E-state index in [-0.39, 0.29) is 23.1 Å². The summed E-state index contributed by atoms with van der Waals surface area (Å²) in [5.74, 6) is -0.313. The molecule has 3 rings (SSSR count). The minimum Gasteiger partial charge on any atom is -0.435 e. The molecule has 6 nitrogen and oxygen atoms in total. The Hall–Kier alpha value is -1.74. The van der Waals surface area contributed by atoms with E-state index >= 15 is 0 Å². The molecule has 1 aromatic carbocycles. The van der Waals surface area contributed by atoms with Gasteiger partial charge in [-0.25, -0.2) is 8.42 Å². The quantitative estimate of drug-likeness (QED) is 0.874. The van der Waals surface area contributed by atoms with Crippen molar-refractivity contribution in [2.45, 2.75) is 37.2 Å². The zero-order valence-electron chi connectivity index (χ0n) is 13.6. The molecule has 25 heavy (non-hydrogen) atoms. The van der Waals surface area contributed by atoms with Gasteiger partial charge in [0, 0.05) is 25.7 Å². The van der Waals surface area contributed by atoms with E-state index in [0.29, 0.717) is 32.4 Å². The third-order valence-corrected chi connectivity index (χ3v) is 6.65. The van der Waals surface area contributed by atoms with Gasteiger partial charge in [-0.15, -0.1) is 0 Å². The van der Waals surface area contributed by atoms with Gasteiger partial charge in [0.2, 0.25) is 15.9 Å². The van der Waals surface area contributed by atoms with Crippen LogP contribution in [-0.4, -0.2) is 44.9 Å². The normalized spacial score (nSPS) is 25.2. The number of nitrogens with one attached hydrogen (secondary N) is 1. The molecular formula is C16H20F2N2O4S. The molecule has 0 radical (unpaired) electrons. The highest BCUT2D eigenvalue weighted by molar-refractivity contribution is 7.89. The van der Waals surface area contributed by atoms with Crippen LogP contribution in [0.5, 0.6) is 5.75 Å². The Morgan fingerprint density at radius 1 is 1.24 bits per heavy atom. The molecule has 1 atom stereocenters. The Morgan fingerprint density at radius 2 is 2.00 bits per heavy atom. The lowest BCUT2D eigenvalue weighted by Crippen LogP contribution is -2.55. The molecule has 1 spiro atoms. The van der Waals surface area contributed by atoms with E-state index in [2.05, 4.69) is 10.1 Å². The van der Waals surface area contributed by atoms with Crippen LogP contribution in [0, 0.1) is 5.41 Å². The standard InChI is InChI=1S/C16H20F2N2O4S/c17-15(18)24-12-4-1-5-13(10-12)25(22,23)20-9-3-7-16(11-20)6-2-8-19-14(16)21/h1,4-5,10,15H,2-3,6-9,11H2,(H,19,21). The summed E-state index contributed by atoms with van der Waals surface area (Å²) in [6.07, 6.45) is 2.70. The van der Waals surface area contributed by atoms with Crippen molar-refractivity contribution in [3.05, 3.63) is 24.3 Å². The number of rotatable bonds is 4. The van der Waals surface area contributed by atoms with Crippen molar-refractivity contribution in [2.75, 3.05) is 19.6 Å². The van der Waals surface area contributed by atoms with Gasteiger partial charge in [0.05, 0.1) is 10.3 Å². The van der Waals surface area contributed by atoms with Crippen LogP contribution in [0.15, 0.2) is 29.2 Å². The summed E-state index contributed by atoms with van der Waals surface area (Å²) in [7, 11) is -3.89. The molecule has 2 aliphatic rings. The van der Waals surface area contributed by atoms with Crippen molar-refractivity contribution in [3.63, 3.8) is 0 Å². The maximum absolute atomic E-state index is 12.9. The Morgan fingerprint density at radius 3 is 2.72 bits per heavy atom. The molecular weight excluding hydrogens is 354 g/mol. The molecule has 0 aliphatic carbocycles. The second-order valence-corrected chi connectivity index (χ2v) is 8.37. The first-order valence-electron chi connectivity index (χ1n) is 8.17. The molecule has 0 bridgehead atoms. The Labute approximate surface area is 145 Å². The average Bonchev–Trinajstić information content (AvgIpc) is 2.58. The summed E-state index contributed by atoms with van der Waals surface area (Å²) >= 11 is 0. The fourth-order valence-corrected chi connectivity index (χ4v) is 5.17. The van der Waals surface area contributed by atoms with Crippen molar-refractivity contribution >= 4 is 15.9 Å². The van der Waals surface area contributed by atoms with E-state index in [1.54, 1.807) is 0 Å². The zero-order valence-corrected chi connectivity index (χ0v) is 14.4. The van der Waals surface area contributed by atoms with Crippen LogP contribution in [0.2, 0.25) is 0 Å². The Balaban J connectivity index is 1.85. The number of ether oxygens (including phenoxy) is 1. The molecule has 0 aromatic heterocycles. The number of sulfonamides is 1. The van der Waals surface area contributed by atoms with Crippen LogP contribution in [0.3, 0.4) is 0 Å². The summed E-state index contributed by atoms with van der Waals surface area (Å²) in [5, 5.41) is 2.82. The summed E-state index contributed by atoms with van der Waals surface area (Å²) in [6.45, 7) is -2.00. The summed E-state index contributed by atoms with van der Waals surface area (Å²) in [4.78, 5) is 12.2. The number of benzene rings is 1. The number of hydrogen-bond donors (Lipinski definition) is 1. The second kappa shape index (κ2) is 6.87. The summed E-state index contributed by atoms with van der Waals surface area (Å²) in [6, 6.07) is 5.06. The lowest BCUT2D eigenvalue weighted by molar-refractivity contribution is -0.135. The first kappa shape index (κ1) is 18.1. The SMILES string of the molecule is O=C1NCCCC12CCCN(S(=O)(=O)c1cccc(OC(F)F)c1)C2. The lowest BCUT2D eigenvalue weighted by Gasteiger charge is -2.43. The third-order valence-electron chi connectivity index (χ3n) is 4.81. The van der Waals surface area contributed by atoms with E-state index in [1.807, 2.05) is 0 Å². The van der Waals surface area contributed by atoms with E-state index < -0.39 is 22.0 Å². The van der Waals surface area contributed by atoms with E-state index in [9.17, 15) is 22.0 Å². The van der Waals surface area contributed by atoms with Gasteiger partial charge in [-0.05, 0) is 37.8 Å². The second-order valence-electron chi connectivity index (χ2n) is 6.44. The van der Waals surface area contributed by atoms with Crippen LogP contribution < -0.4 is 10.1 Å². The number of nitrogens with zero attached hydrogens (tertiary/aromatic N) is 1. The van der Waals surface area contributed by atoms with Crippen molar-refractivity contribution in [1.29, 1.82) is 0 Å². The Bertz CT molecular complexity index is 752. The van der Waals surface area contributed by atoms with Crippen LogP contribution in [0.25, 0.3) is 0 Å². The minimum atomic E-state index is -3.89. The van der Waals surface area contributed by atoms with Crippen molar-refractivity contribution in [2.24, 2.45) is 5.41 Å². The molecule has 2 aliphatic heterocycles.